The van der Waals surface area contributed by atoms with E-state index in [9.17, 15) is 0 Å². The molecule has 3 unspecified atom stereocenters. The fourth-order valence-electron chi connectivity index (χ4n) is 5.08. The van der Waals surface area contributed by atoms with Gasteiger partial charge in [0.15, 0.2) is 5.17 Å². The molecule has 5 rings (SSSR count). The Morgan fingerprint density at radius 1 is 1.06 bits per heavy atom. The first kappa shape index (κ1) is 20.7. The number of hydrogen-bond donors (Lipinski definition) is 0. The smallest absolute Gasteiger partial charge is 0.160 e. The Labute approximate surface area is 193 Å². The highest BCUT2D eigenvalue weighted by Crippen LogP contribution is 2.50. The summed E-state index contributed by atoms with van der Waals surface area (Å²) in [4.78, 5) is 12.5. The predicted octanol–water partition coefficient (Wildman–Crippen LogP) is 6.43. The normalized spacial score (nSPS) is 22.7. The first-order valence-electron chi connectivity index (χ1n) is 10.9. The predicted molar refractivity (Wildman–Crippen MR) is 131 cm³/mol. The lowest BCUT2D eigenvalue weighted by atomic mass is 9.92. The minimum atomic E-state index is 0.0101. The van der Waals surface area contributed by atoms with Crippen LogP contribution in [0.1, 0.15) is 53.6 Å². The van der Waals surface area contributed by atoms with E-state index in [1.807, 2.05) is 36.2 Å². The summed E-state index contributed by atoms with van der Waals surface area (Å²) in [5, 5.41) is 1.93. The SMILES string of the molecule is CCC1CSC2=NC(c3ccccn3)C(c3c(C)c(C)n(-c4ccc(Cl)cc4)c3C)N21. The van der Waals surface area contributed by atoms with Crippen LogP contribution in [0.4, 0.5) is 0 Å². The average Bonchev–Trinajstić information content (AvgIpc) is 3.41. The van der Waals surface area contributed by atoms with Crippen LogP contribution in [0.2, 0.25) is 5.02 Å². The van der Waals surface area contributed by atoms with Crippen LogP contribution >= 0.6 is 23.4 Å². The van der Waals surface area contributed by atoms with E-state index in [0.29, 0.717) is 6.04 Å². The molecule has 160 valence electrons. The largest absolute Gasteiger partial charge is 0.338 e. The van der Waals surface area contributed by atoms with Crippen molar-refractivity contribution in [3.63, 3.8) is 0 Å². The van der Waals surface area contributed by atoms with Crippen molar-refractivity contribution in [2.45, 2.75) is 52.2 Å². The maximum Gasteiger partial charge on any atom is 0.160 e. The van der Waals surface area contributed by atoms with E-state index in [1.165, 1.54) is 27.7 Å². The molecule has 4 heterocycles. The standard InChI is InChI=1S/C25H27ClN4S/c1-5-19-14-31-25-28-23(21-8-6-7-13-27-21)24(30(19)25)22-15(2)16(3)29(17(22)4)20-11-9-18(26)10-12-20/h6-13,19,23-24H,5,14H2,1-4H3. The molecule has 2 aliphatic heterocycles. The summed E-state index contributed by atoms with van der Waals surface area (Å²) in [6, 6.07) is 14.9. The van der Waals surface area contributed by atoms with Gasteiger partial charge >= 0.3 is 0 Å². The molecule has 1 fully saturated rings. The van der Waals surface area contributed by atoms with Crippen LogP contribution in [0.3, 0.4) is 0 Å². The molecule has 31 heavy (non-hydrogen) atoms. The Morgan fingerprint density at radius 2 is 1.84 bits per heavy atom. The highest BCUT2D eigenvalue weighted by Gasteiger charge is 2.47. The van der Waals surface area contributed by atoms with E-state index < -0.39 is 0 Å². The van der Waals surface area contributed by atoms with E-state index in [4.69, 9.17) is 21.6 Å². The molecule has 2 aromatic heterocycles. The number of nitrogens with zero attached hydrogens (tertiary/aromatic N) is 4. The first-order chi connectivity index (χ1) is 15.0. The highest BCUT2D eigenvalue weighted by molar-refractivity contribution is 8.14. The van der Waals surface area contributed by atoms with Crippen LogP contribution in [0, 0.1) is 20.8 Å². The van der Waals surface area contributed by atoms with Gasteiger partial charge in [-0.2, -0.15) is 0 Å². The Morgan fingerprint density at radius 3 is 2.52 bits per heavy atom. The van der Waals surface area contributed by atoms with E-state index in [2.05, 4.69) is 61.4 Å². The van der Waals surface area contributed by atoms with Gasteiger partial charge in [-0.1, -0.05) is 36.4 Å². The molecule has 0 saturated carbocycles. The van der Waals surface area contributed by atoms with Crippen molar-refractivity contribution in [2.75, 3.05) is 5.75 Å². The number of benzene rings is 1. The Balaban J connectivity index is 1.68. The van der Waals surface area contributed by atoms with Crippen LogP contribution in [0.15, 0.2) is 53.7 Å². The van der Waals surface area contributed by atoms with Gasteiger partial charge in [0, 0.05) is 45.7 Å². The summed E-state index contributed by atoms with van der Waals surface area (Å²) in [6.45, 7) is 8.98. The summed E-state index contributed by atoms with van der Waals surface area (Å²) in [7, 11) is 0. The number of rotatable bonds is 4. The average molecular weight is 451 g/mol. The van der Waals surface area contributed by atoms with Crippen molar-refractivity contribution in [1.29, 1.82) is 0 Å². The molecule has 3 aromatic rings. The second-order valence-corrected chi connectivity index (χ2v) is 9.78. The van der Waals surface area contributed by atoms with Crippen molar-refractivity contribution >= 4 is 28.5 Å². The highest BCUT2D eigenvalue weighted by atomic mass is 35.5. The number of fused-ring (bicyclic) bond motifs is 1. The van der Waals surface area contributed by atoms with Gasteiger partial charge in [0.05, 0.1) is 11.7 Å². The van der Waals surface area contributed by atoms with Gasteiger partial charge in [-0.3, -0.25) is 9.98 Å². The molecule has 2 aliphatic rings. The molecule has 1 saturated heterocycles. The monoisotopic (exact) mass is 450 g/mol. The summed E-state index contributed by atoms with van der Waals surface area (Å²) < 4.78 is 2.36. The Hall–Kier alpha value is -2.24. The van der Waals surface area contributed by atoms with Crippen molar-refractivity contribution < 1.29 is 0 Å². The zero-order chi connectivity index (χ0) is 21.7. The number of thioether (sulfide) groups is 1. The lowest BCUT2D eigenvalue weighted by Crippen LogP contribution is -2.35. The Bertz CT molecular complexity index is 1140. The zero-order valence-corrected chi connectivity index (χ0v) is 19.9. The second-order valence-electron chi connectivity index (χ2n) is 8.36. The number of halogens is 1. The fourth-order valence-corrected chi connectivity index (χ4v) is 6.55. The number of hydrogen-bond acceptors (Lipinski definition) is 4. The zero-order valence-electron chi connectivity index (χ0n) is 18.3. The molecule has 0 aliphatic carbocycles. The molecule has 6 heteroatoms. The van der Waals surface area contributed by atoms with E-state index in [1.54, 1.807) is 0 Å². The molecule has 0 bridgehead atoms. The minimum Gasteiger partial charge on any atom is -0.338 e. The van der Waals surface area contributed by atoms with Crippen molar-refractivity contribution in [3.8, 4) is 5.69 Å². The lowest BCUT2D eigenvalue weighted by Gasteiger charge is -2.32. The van der Waals surface area contributed by atoms with Crippen molar-refractivity contribution in [1.82, 2.24) is 14.5 Å². The summed E-state index contributed by atoms with van der Waals surface area (Å²) in [5.41, 5.74) is 7.43. The quantitative estimate of drug-likeness (QED) is 0.459. The van der Waals surface area contributed by atoms with Gasteiger partial charge in [-0.05, 0) is 69.2 Å². The molecule has 1 aromatic carbocycles. The molecule has 3 atom stereocenters. The van der Waals surface area contributed by atoms with Crippen LogP contribution < -0.4 is 0 Å². The van der Waals surface area contributed by atoms with Gasteiger partial charge in [-0.15, -0.1) is 0 Å². The second kappa shape index (κ2) is 8.03. The Kier molecular flexibility index (Phi) is 5.35. The molecular formula is C25H27ClN4S. The third-order valence-corrected chi connectivity index (χ3v) is 8.10. The number of amidine groups is 1. The molecule has 4 nitrogen and oxygen atoms in total. The van der Waals surface area contributed by atoms with Crippen LogP contribution in [0.5, 0.6) is 0 Å². The summed E-state index contributed by atoms with van der Waals surface area (Å²) in [6.07, 6.45) is 3.00. The van der Waals surface area contributed by atoms with Crippen LogP contribution in [-0.2, 0) is 0 Å². The van der Waals surface area contributed by atoms with Crippen LogP contribution in [0.25, 0.3) is 5.69 Å². The maximum atomic E-state index is 6.16. The summed E-state index contributed by atoms with van der Waals surface area (Å²) in [5.74, 6) is 1.11. The van der Waals surface area contributed by atoms with Gasteiger partial charge in [0.25, 0.3) is 0 Å². The third kappa shape index (κ3) is 3.30. The van der Waals surface area contributed by atoms with E-state index in [-0.39, 0.29) is 12.1 Å². The van der Waals surface area contributed by atoms with Crippen molar-refractivity contribution in [3.05, 3.63) is 81.9 Å². The number of pyridine rings is 1. The molecular weight excluding hydrogens is 424 g/mol. The maximum absolute atomic E-state index is 6.16. The van der Waals surface area contributed by atoms with Crippen LogP contribution in [-0.4, -0.2) is 31.4 Å². The van der Waals surface area contributed by atoms with Gasteiger partial charge < -0.3 is 9.47 Å². The number of aliphatic imine (C=N–C) groups is 1. The molecule has 0 N–H and O–H groups in total. The minimum absolute atomic E-state index is 0.0101. The molecule has 0 amide bonds. The first-order valence-corrected chi connectivity index (χ1v) is 12.2. The van der Waals surface area contributed by atoms with Crippen molar-refractivity contribution in [2.24, 2.45) is 4.99 Å². The topological polar surface area (TPSA) is 33.4 Å². The molecule has 0 spiro atoms. The van der Waals surface area contributed by atoms with Gasteiger partial charge in [0.2, 0.25) is 0 Å². The fraction of sp³-hybridized carbons (Fsp3) is 0.360. The third-order valence-electron chi connectivity index (χ3n) is 6.72. The van der Waals surface area contributed by atoms with E-state index >= 15 is 0 Å². The summed E-state index contributed by atoms with van der Waals surface area (Å²) >= 11 is 8.05. The number of aromatic nitrogens is 2. The molecule has 0 radical (unpaired) electrons. The van der Waals surface area contributed by atoms with E-state index in [0.717, 1.165) is 28.6 Å². The lowest BCUT2D eigenvalue weighted by molar-refractivity contribution is 0.254. The van der Waals surface area contributed by atoms with Gasteiger partial charge in [-0.25, -0.2) is 0 Å². The van der Waals surface area contributed by atoms with Gasteiger partial charge in [0.1, 0.15) is 6.04 Å².